The minimum absolute atomic E-state index is 0.410. The fraction of sp³-hybridized carbons (Fsp3) is 0.200. The standard InChI is InChI=1S/C20H18N2O/c1-12(2)14-5-4-6-15-16-10-21-11-17(20(16)23-19(14)15)18-8-7-13(3)9-22-18/h4-12H,1-3H3. The Morgan fingerprint density at radius 3 is 2.52 bits per heavy atom. The molecule has 0 radical (unpaired) electrons. The summed E-state index contributed by atoms with van der Waals surface area (Å²) in [5, 5.41) is 2.16. The first-order valence-electron chi connectivity index (χ1n) is 7.87. The molecule has 0 unspecified atom stereocenters. The molecule has 0 saturated heterocycles. The normalized spacial score (nSPS) is 11.7. The van der Waals surface area contributed by atoms with Crippen LogP contribution in [0.4, 0.5) is 0 Å². The maximum atomic E-state index is 6.28. The lowest BCUT2D eigenvalue weighted by molar-refractivity contribution is 0.657. The maximum absolute atomic E-state index is 6.28. The third kappa shape index (κ3) is 2.20. The monoisotopic (exact) mass is 302 g/mol. The van der Waals surface area contributed by atoms with Crippen molar-refractivity contribution in [3.63, 3.8) is 0 Å². The average Bonchev–Trinajstić information content (AvgIpc) is 2.94. The summed E-state index contributed by atoms with van der Waals surface area (Å²) in [5.74, 6) is 0.410. The van der Waals surface area contributed by atoms with Crippen molar-refractivity contribution in [1.29, 1.82) is 0 Å². The van der Waals surface area contributed by atoms with Gasteiger partial charge in [-0.05, 0) is 30.0 Å². The molecule has 114 valence electrons. The van der Waals surface area contributed by atoms with Crippen LogP contribution < -0.4 is 0 Å². The van der Waals surface area contributed by atoms with E-state index in [1.54, 1.807) is 0 Å². The average molecular weight is 302 g/mol. The van der Waals surface area contributed by atoms with Crippen LogP contribution in [0, 0.1) is 6.92 Å². The zero-order valence-electron chi connectivity index (χ0n) is 13.5. The van der Waals surface area contributed by atoms with Crippen LogP contribution in [0.25, 0.3) is 33.2 Å². The molecule has 3 aromatic heterocycles. The minimum atomic E-state index is 0.410. The number of furan rings is 1. The van der Waals surface area contributed by atoms with E-state index >= 15 is 0 Å². The fourth-order valence-corrected chi connectivity index (χ4v) is 3.00. The number of aromatic nitrogens is 2. The molecule has 3 heteroatoms. The molecule has 0 fully saturated rings. The number of pyridine rings is 2. The number of hydrogen-bond donors (Lipinski definition) is 0. The number of aryl methyl sites for hydroxylation is 1. The van der Waals surface area contributed by atoms with Gasteiger partial charge in [0.2, 0.25) is 0 Å². The summed E-state index contributed by atoms with van der Waals surface area (Å²) in [6.07, 6.45) is 5.58. The van der Waals surface area contributed by atoms with Gasteiger partial charge < -0.3 is 4.42 Å². The molecule has 0 atom stereocenters. The molecule has 23 heavy (non-hydrogen) atoms. The molecule has 4 rings (SSSR count). The van der Waals surface area contributed by atoms with E-state index in [1.807, 2.05) is 31.6 Å². The van der Waals surface area contributed by atoms with Crippen LogP contribution in [0.3, 0.4) is 0 Å². The topological polar surface area (TPSA) is 38.9 Å². The fourth-order valence-electron chi connectivity index (χ4n) is 3.00. The van der Waals surface area contributed by atoms with Crippen molar-refractivity contribution in [1.82, 2.24) is 9.97 Å². The molecule has 4 aromatic rings. The summed E-state index contributed by atoms with van der Waals surface area (Å²) in [7, 11) is 0. The Morgan fingerprint density at radius 1 is 0.913 bits per heavy atom. The van der Waals surface area contributed by atoms with Crippen LogP contribution in [0.5, 0.6) is 0 Å². The van der Waals surface area contributed by atoms with E-state index in [-0.39, 0.29) is 0 Å². The first-order valence-corrected chi connectivity index (χ1v) is 7.87. The van der Waals surface area contributed by atoms with Crippen molar-refractivity contribution in [2.75, 3.05) is 0 Å². The van der Waals surface area contributed by atoms with Gasteiger partial charge in [0.1, 0.15) is 11.2 Å². The first-order chi connectivity index (χ1) is 11.1. The third-order valence-corrected chi connectivity index (χ3v) is 4.25. The summed E-state index contributed by atoms with van der Waals surface area (Å²) in [5.41, 5.74) is 6.01. The SMILES string of the molecule is Cc1ccc(-c2cncc3c2oc2c(C(C)C)cccc23)nc1. The van der Waals surface area contributed by atoms with E-state index in [0.717, 1.165) is 38.8 Å². The highest BCUT2D eigenvalue weighted by Gasteiger charge is 2.16. The zero-order chi connectivity index (χ0) is 16.0. The lowest BCUT2D eigenvalue weighted by atomic mass is 10.0. The first kappa shape index (κ1) is 13.9. The molecule has 0 spiro atoms. The van der Waals surface area contributed by atoms with Crippen molar-refractivity contribution in [3.8, 4) is 11.3 Å². The Hall–Kier alpha value is -2.68. The highest BCUT2D eigenvalue weighted by molar-refractivity contribution is 6.09. The van der Waals surface area contributed by atoms with Crippen LogP contribution in [-0.4, -0.2) is 9.97 Å². The summed E-state index contributed by atoms with van der Waals surface area (Å²) in [6, 6.07) is 10.4. The Morgan fingerprint density at radius 2 is 1.78 bits per heavy atom. The molecule has 0 amide bonds. The van der Waals surface area contributed by atoms with Crippen molar-refractivity contribution in [3.05, 3.63) is 60.0 Å². The van der Waals surface area contributed by atoms with E-state index in [1.165, 1.54) is 5.56 Å². The van der Waals surface area contributed by atoms with E-state index in [9.17, 15) is 0 Å². The largest absolute Gasteiger partial charge is 0.455 e. The predicted molar refractivity (Wildman–Crippen MR) is 93.6 cm³/mol. The van der Waals surface area contributed by atoms with Gasteiger partial charge in [0, 0.05) is 29.4 Å². The molecule has 3 heterocycles. The molecule has 3 nitrogen and oxygen atoms in total. The highest BCUT2D eigenvalue weighted by Crippen LogP contribution is 2.37. The van der Waals surface area contributed by atoms with E-state index in [0.29, 0.717) is 5.92 Å². The van der Waals surface area contributed by atoms with Gasteiger partial charge in [-0.25, -0.2) is 0 Å². The molecule has 1 aromatic carbocycles. The van der Waals surface area contributed by atoms with Crippen molar-refractivity contribution >= 4 is 21.9 Å². The van der Waals surface area contributed by atoms with Gasteiger partial charge in [-0.2, -0.15) is 0 Å². The molecular weight excluding hydrogens is 284 g/mol. The van der Waals surface area contributed by atoms with E-state index < -0.39 is 0 Å². The third-order valence-electron chi connectivity index (χ3n) is 4.25. The van der Waals surface area contributed by atoms with E-state index in [2.05, 4.69) is 48.1 Å². The summed E-state index contributed by atoms with van der Waals surface area (Å²) in [4.78, 5) is 8.93. The second-order valence-electron chi connectivity index (χ2n) is 6.27. The number of nitrogens with zero attached hydrogens (tertiary/aromatic N) is 2. The molecule has 0 aliphatic carbocycles. The summed E-state index contributed by atoms with van der Waals surface area (Å²) >= 11 is 0. The van der Waals surface area contributed by atoms with Gasteiger partial charge in [0.15, 0.2) is 0 Å². The number of rotatable bonds is 2. The Balaban J connectivity index is 2.06. The van der Waals surface area contributed by atoms with Gasteiger partial charge in [-0.15, -0.1) is 0 Å². The molecule has 0 aliphatic heterocycles. The predicted octanol–water partition coefficient (Wildman–Crippen LogP) is 5.47. The lowest BCUT2D eigenvalue weighted by Gasteiger charge is -2.04. The Bertz CT molecular complexity index is 997. The molecular formula is C20H18N2O. The lowest BCUT2D eigenvalue weighted by Crippen LogP contribution is -1.86. The van der Waals surface area contributed by atoms with Gasteiger partial charge >= 0.3 is 0 Å². The Labute approximate surface area is 135 Å². The molecule has 0 aliphatic rings. The van der Waals surface area contributed by atoms with Crippen LogP contribution in [0.1, 0.15) is 30.9 Å². The van der Waals surface area contributed by atoms with Crippen LogP contribution in [0.2, 0.25) is 0 Å². The molecule has 0 bridgehead atoms. The molecule has 0 N–H and O–H groups in total. The van der Waals surface area contributed by atoms with Gasteiger partial charge in [-0.1, -0.05) is 38.1 Å². The number of hydrogen-bond acceptors (Lipinski definition) is 3. The highest BCUT2D eigenvalue weighted by atomic mass is 16.3. The van der Waals surface area contributed by atoms with Crippen LogP contribution in [-0.2, 0) is 0 Å². The van der Waals surface area contributed by atoms with Gasteiger partial charge in [0.25, 0.3) is 0 Å². The smallest absolute Gasteiger partial charge is 0.147 e. The Kier molecular flexibility index (Phi) is 3.15. The van der Waals surface area contributed by atoms with Gasteiger partial charge in [0.05, 0.1) is 11.3 Å². The molecule has 0 saturated carbocycles. The van der Waals surface area contributed by atoms with Gasteiger partial charge in [-0.3, -0.25) is 9.97 Å². The zero-order valence-corrected chi connectivity index (χ0v) is 13.5. The minimum Gasteiger partial charge on any atom is -0.455 e. The second kappa shape index (κ2) is 5.20. The number of fused-ring (bicyclic) bond motifs is 3. The number of para-hydroxylation sites is 1. The van der Waals surface area contributed by atoms with Crippen molar-refractivity contribution in [2.45, 2.75) is 26.7 Å². The van der Waals surface area contributed by atoms with E-state index in [4.69, 9.17) is 4.42 Å². The quantitative estimate of drug-likeness (QED) is 0.492. The van der Waals surface area contributed by atoms with Crippen molar-refractivity contribution in [2.24, 2.45) is 0 Å². The maximum Gasteiger partial charge on any atom is 0.147 e. The van der Waals surface area contributed by atoms with Crippen LogP contribution in [0.15, 0.2) is 53.3 Å². The summed E-state index contributed by atoms with van der Waals surface area (Å²) in [6.45, 7) is 6.40. The van der Waals surface area contributed by atoms with Crippen LogP contribution >= 0.6 is 0 Å². The number of benzene rings is 1. The van der Waals surface area contributed by atoms with Crippen molar-refractivity contribution < 1.29 is 4.42 Å². The summed E-state index contributed by atoms with van der Waals surface area (Å²) < 4.78 is 6.28. The second-order valence-corrected chi connectivity index (χ2v) is 6.27.